The van der Waals surface area contributed by atoms with Gasteiger partial charge in [0.15, 0.2) is 0 Å². The lowest BCUT2D eigenvalue weighted by molar-refractivity contribution is 0.0293. The van der Waals surface area contributed by atoms with Gasteiger partial charge in [-0.05, 0) is 46.8 Å². The molecule has 1 aromatic carbocycles. The lowest BCUT2D eigenvalue weighted by Crippen LogP contribution is -2.64. The molecule has 1 N–H and O–H groups in total. The molecule has 1 aromatic rings. The largest absolute Gasteiger partial charge is 0.310 e. The van der Waals surface area contributed by atoms with E-state index in [-0.39, 0.29) is 16.8 Å². The smallest absolute Gasteiger partial charge is 0.137 e. The van der Waals surface area contributed by atoms with Crippen molar-refractivity contribution >= 4 is 15.9 Å². The van der Waals surface area contributed by atoms with E-state index in [2.05, 4.69) is 60.8 Å². The van der Waals surface area contributed by atoms with Crippen LogP contribution in [0.15, 0.2) is 22.7 Å². The summed E-state index contributed by atoms with van der Waals surface area (Å²) >= 11 is 3.38. The first kappa shape index (κ1) is 16.9. The molecule has 0 spiro atoms. The molecule has 1 aliphatic heterocycles. The number of hydrogen-bond donors (Lipinski definition) is 1. The summed E-state index contributed by atoms with van der Waals surface area (Å²) in [7, 11) is 0. The third kappa shape index (κ3) is 3.85. The second-order valence-corrected chi connectivity index (χ2v) is 8.50. The summed E-state index contributed by atoms with van der Waals surface area (Å²) in [5, 5.41) is 3.66. The lowest BCUT2D eigenvalue weighted by Gasteiger charge is -2.49. The van der Waals surface area contributed by atoms with Crippen molar-refractivity contribution in [3.8, 4) is 0 Å². The van der Waals surface area contributed by atoms with Crippen molar-refractivity contribution in [3.63, 3.8) is 0 Å². The van der Waals surface area contributed by atoms with Crippen LogP contribution >= 0.6 is 15.9 Å². The number of halogens is 2. The van der Waals surface area contributed by atoms with Gasteiger partial charge in [-0.25, -0.2) is 4.39 Å². The number of rotatable bonds is 2. The molecule has 1 heterocycles. The van der Waals surface area contributed by atoms with E-state index in [0.29, 0.717) is 10.5 Å². The van der Waals surface area contributed by atoms with Crippen molar-refractivity contribution in [1.29, 1.82) is 0 Å². The van der Waals surface area contributed by atoms with Gasteiger partial charge in [0.05, 0.1) is 4.47 Å². The summed E-state index contributed by atoms with van der Waals surface area (Å²) in [5.74, 6) is -0.187. The number of nitrogens with zero attached hydrogens (tertiary/aromatic N) is 1. The normalized spacial score (nSPS) is 23.3. The minimum Gasteiger partial charge on any atom is -0.310 e. The van der Waals surface area contributed by atoms with Crippen LogP contribution in [-0.4, -0.2) is 29.6 Å². The molecule has 118 valence electrons. The maximum Gasteiger partial charge on any atom is 0.137 e. The Hall–Kier alpha value is -0.450. The first-order valence-electron chi connectivity index (χ1n) is 7.52. The topological polar surface area (TPSA) is 15.3 Å². The van der Waals surface area contributed by atoms with Gasteiger partial charge in [0, 0.05) is 31.2 Å². The number of piperazine rings is 1. The van der Waals surface area contributed by atoms with Crippen LogP contribution in [0.25, 0.3) is 0 Å². The Bertz CT molecular complexity index is 508. The Morgan fingerprint density at radius 2 is 2.05 bits per heavy atom. The highest BCUT2D eigenvalue weighted by Gasteiger charge is 2.38. The molecule has 1 aliphatic rings. The Morgan fingerprint density at radius 1 is 1.38 bits per heavy atom. The Morgan fingerprint density at radius 3 is 2.67 bits per heavy atom. The highest BCUT2D eigenvalue weighted by Crippen LogP contribution is 2.30. The zero-order chi connectivity index (χ0) is 15.8. The van der Waals surface area contributed by atoms with Gasteiger partial charge in [-0.2, -0.15) is 0 Å². The van der Waals surface area contributed by atoms with E-state index in [1.807, 2.05) is 6.07 Å². The van der Waals surface area contributed by atoms with Crippen molar-refractivity contribution < 1.29 is 4.39 Å². The second kappa shape index (κ2) is 5.98. The summed E-state index contributed by atoms with van der Waals surface area (Å²) in [6.45, 7) is 14.0. The monoisotopic (exact) mass is 356 g/mol. The molecule has 2 rings (SSSR count). The van der Waals surface area contributed by atoms with Crippen LogP contribution in [-0.2, 0) is 6.54 Å². The summed E-state index contributed by atoms with van der Waals surface area (Å²) in [5.41, 5.74) is 1.29. The SMILES string of the molecule is CC(C)(C)C1CN(Cc2cccc(F)c2Br)C(C)(C)CN1. The van der Waals surface area contributed by atoms with Crippen molar-refractivity contribution in [1.82, 2.24) is 10.2 Å². The van der Waals surface area contributed by atoms with Gasteiger partial charge in [0.25, 0.3) is 0 Å². The molecule has 0 saturated carbocycles. The standard InChI is InChI=1S/C17H26BrFN2/c1-16(2,3)14-10-21(17(4,5)11-20-14)9-12-7-6-8-13(19)15(12)18/h6-8,14,20H,9-11H2,1-5H3. The zero-order valence-corrected chi connectivity index (χ0v) is 15.2. The molecule has 21 heavy (non-hydrogen) atoms. The van der Waals surface area contributed by atoms with Crippen LogP contribution < -0.4 is 5.32 Å². The summed E-state index contributed by atoms with van der Waals surface area (Å²) in [6, 6.07) is 5.72. The van der Waals surface area contributed by atoms with E-state index < -0.39 is 0 Å². The van der Waals surface area contributed by atoms with Crippen LogP contribution in [0.1, 0.15) is 40.2 Å². The Kier molecular flexibility index (Phi) is 4.81. The minimum atomic E-state index is -0.187. The predicted octanol–water partition coefficient (Wildman–Crippen LogP) is 4.19. The van der Waals surface area contributed by atoms with Gasteiger partial charge >= 0.3 is 0 Å². The molecular weight excluding hydrogens is 331 g/mol. The highest BCUT2D eigenvalue weighted by atomic mass is 79.9. The quantitative estimate of drug-likeness (QED) is 0.854. The highest BCUT2D eigenvalue weighted by molar-refractivity contribution is 9.10. The van der Waals surface area contributed by atoms with Crippen molar-refractivity contribution in [3.05, 3.63) is 34.1 Å². The van der Waals surface area contributed by atoms with Crippen molar-refractivity contribution in [2.45, 2.75) is 52.7 Å². The van der Waals surface area contributed by atoms with Crippen LogP contribution in [0.4, 0.5) is 4.39 Å². The van der Waals surface area contributed by atoms with E-state index >= 15 is 0 Å². The third-order valence-electron chi connectivity index (χ3n) is 4.48. The molecular formula is C17H26BrFN2. The fourth-order valence-electron chi connectivity index (χ4n) is 2.75. The van der Waals surface area contributed by atoms with E-state index in [9.17, 15) is 4.39 Å². The summed E-state index contributed by atoms with van der Waals surface area (Å²) in [6.07, 6.45) is 0. The average molecular weight is 357 g/mol. The molecule has 0 aliphatic carbocycles. The van der Waals surface area contributed by atoms with Crippen LogP contribution in [0.2, 0.25) is 0 Å². The van der Waals surface area contributed by atoms with Crippen molar-refractivity contribution in [2.24, 2.45) is 5.41 Å². The summed E-state index contributed by atoms with van der Waals surface area (Å²) in [4.78, 5) is 2.46. The molecule has 1 atom stereocenters. The summed E-state index contributed by atoms with van der Waals surface area (Å²) < 4.78 is 14.3. The van der Waals surface area contributed by atoms with Gasteiger partial charge in [-0.15, -0.1) is 0 Å². The maximum absolute atomic E-state index is 13.7. The first-order chi connectivity index (χ1) is 9.61. The van der Waals surface area contributed by atoms with Gasteiger partial charge in [-0.1, -0.05) is 32.9 Å². The molecule has 1 saturated heterocycles. The van der Waals surface area contributed by atoms with Gasteiger partial charge in [0.1, 0.15) is 5.82 Å². The van der Waals surface area contributed by atoms with E-state index in [0.717, 1.165) is 25.2 Å². The molecule has 0 bridgehead atoms. The fraction of sp³-hybridized carbons (Fsp3) is 0.647. The molecule has 1 fully saturated rings. The Balaban J connectivity index is 2.21. The predicted molar refractivity (Wildman–Crippen MR) is 89.8 cm³/mol. The molecule has 4 heteroatoms. The van der Waals surface area contributed by atoms with Gasteiger partial charge in [-0.3, -0.25) is 4.90 Å². The van der Waals surface area contributed by atoms with Crippen LogP contribution in [0.5, 0.6) is 0 Å². The molecule has 2 nitrogen and oxygen atoms in total. The molecule has 1 unspecified atom stereocenters. The first-order valence-corrected chi connectivity index (χ1v) is 8.32. The molecule has 0 amide bonds. The van der Waals surface area contributed by atoms with Crippen LogP contribution in [0, 0.1) is 11.2 Å². The molecule has 0 aromatic heterocycles. The lowest BCUT2D eigenvalue weighted by atomic mass is 9.82. The maximum atomic E-state index is 13.7. The third-order valence-corrected chi connectivity index (χ3v) is 5.37. The minimum absolute atomic E-state index is 0.0630. The second-order valence-electron chi connectivity index (χ2n) is 7.71. The Labute approximate surface area is 136 Å². The van der Waals surface area contributed by atoms with E-state index in [1.54, 1.807) is 6.07 Å². The zero-order valence-electron chi connectivity index (χ0n) is 13.6. The fourth-order valence-corrected chi connectivity index (χ4v) is 3.14. The number of benzene rings is 1. The number of hydrogen-bond acceptors (Lipinski definition) is 2. The van der Waals surface area contributed by atoms with Crippen LogP contribution in [0.3, 0.4) is 0 Å². The van der Waals surface area contributed by atoms with E-state index in [1.165, 1.54) is 6.07 Å². The average Bonchev–Trinajstić information content (AvgIpc) is 2.35. The number of nitrogens with one attached hydrogen (secondary N) is 1. The van der Waals surface area contributed by atoms with Gasteiger partial charge < -0.3 is 5.32 Å². The van der Waals surface area contributed by atoms with Crippen molar-refractivity contribution in [2.75, 3.05) is 13.1 Å². The molecule has 0 radical (unpaired) electrons. The van der Waals surface area contributed by atoms with E-state index in [4.69, 9.17) is 0 Å². The van der Waals surface area contributed by atoms with Gasteiger partial charge in [0.2, 0.25) is 0 Å².